The van der Waals surface area contributed by atoms with Gasteiger partial charge in [0.1, 0.15) is 6.04 Å². The van der Waals surface area contributed by atoms with Gasteiger partial charge >= 0.3 is 5.97 Å². The number of rotatable bonds is 6. The molecule has 3 heteroatoms. The number of ether oxygens (including phenoxy) is 1. The number of carbonyl (C=O) groups excluding carboxylic acids is 1. The van der Waals surface area contributed by atoms with E-state index in [1.54, 1.807) is 0 Å². The van der Waals surface area contributed by atoms with Crippen molar-refractivity contribution in [1.82, 2.24) is 5.32 Å². The van der Waals surface area contributed by atoms with E-state index in [-0.39, 0.29) is 24.0 Å². The van der Waals surface area contributed by atoms with Gasteiger partial charge in [-0.1, -0.05) is 74.5 Å². The number of hydrogen-bond acceptors (Lipinski definition) is 3. The first-order valence-electron chi connectivity index (χ1n) is 8.57. The third kappa shape index (κ3) is 3.36. The molecule has 1 saturated carbocycles. The van der Waals surface area contributed by atoms with Gasteiger partial charge in [0.05, 0.1) is 7.11 Å². The lowest BCUT2D eigenvalue weighted by molar-refractivity contribution is -0.144. The van der Waals surface area contributed by atoms with Crippen molar-refractivity contribution in [2.45, 2.75) is 37.8 Å². The maximum atomic E-state index is 12.1. The summed E-state index contributed by atoms with van der Waals surface area (Å²) in [5, 5.41) is 3.56. The maximum absolute atomic E-state index is 12.1. The summed E-state index contributed by atoms with van der Waals surface area (Å²) in [5.74, 6) is 0.778. The highest BCUT2D eigenvalue weighted by Crippen LogP contribution is 2.55. The highest BCUT2D eigenvalue weighted by Gasteiger charge is 2.53. The molecule has 24 heavy (non-hydrogen) atoms. The molecule has 0 spiro atoms. The smallest absolute Gasteiger partial charge is 0.323 e. The molecule has 126 valence electrons. The van der Waals surface area contributed by atoms with Gasteiger partial charge in [-0.2, -0.15) is 0 Å². The first-order chi connectivity index (χ1) is 11.6. The fourth-order valence-electron chi connectivity index (χ4n) is 3.57. The van der Waals surface area contributed by atoms with E-state index < -0.39 is 0 Å². The van der Waals surface area contributed by atoms with Crippen molar-refractivity contribution in [1.29, 1.82) is 0 Å². The van der Waals surface area contributed by atoms with E-state index in [4.69, 9.17) is 4.74 Å². The van der Waals surface area contributed by atoms with Crippen LogP contribution in [0.4, 0.5) is 0 Å². The molecule has 4 atom stereocenters. The zero-order chi connectivity index (χ0) is 17.1. The van der Waals surface area contributed by atoms with Gasteiger partial charge in [-0.05, 0) is 17.0 Å². The Balaban J connectivity index is 1.85. The molecule has 1 aliphatic carbocycles. The van der Waals surface area contributed by atoms with Gasteiger partial charge in [0, 0.05) is 17.9 Å². The molecule has 0 bridgehead atoms. The second-order valence-electron chi connectivity index (χ2n) is 6.81. The Morgan fingerprint density at radius 2 is 1.38 bits per heavy atom. The van der Waals surface area contributed by atoms with Gasteiger partial charge in [-0.3, -0.25) is 4.79 Å². The predicted molar refractivity (Wildman–Crippen MR) is 95.9 cm³/mol. The van der Waals surface area contributed by atoms with Crippen LogP contribution in [0.15, 0.2) is 60.7 Å². The fourth-order valence-corrected chi connectivity index (χ4v) is 3.57. The molecule has 0 radical (unpaired) electrons. The summed E-state index contributed by atoms with van der Waals surface area (Å²) >= 11 is 0. The molecule has 0 amide bonds. The Morgan fingerprint density at radius 1 is 0.917 bits per heavy atom. The van der Waals surface area contributed by atoms with E-state index in [2.05, 4.69) is 53.8 Å². The van der Waals surface area contributed by atoms with Crippen LogP contribution in [0.3, 0.4) is 0 Å². The van der Waals surface area contributed by atoms with Crippen LogP contribution in [0.25, 0.3) is 0 Å². The van der Waals surface area contributed by atoms with Crippen LogP contribution < -0.4 is 5.32 Å². The Labute approximate surface area is 144 Å². The van der Waals surface area contributed by atoms with Gasteiger partial charge in [-0.15, -0.1) is 0 Å². The van der Waals surface area contributed by atoms with Crippen LogP contribution in [-0.4, -0.2) is 25.2 Å². The molecule has 2 aromatic rings. The van der Waals surface area contributed by atoms with E-state index in [0.29, 0.717) is 11.8 Å². The van der Waals surface area contributed by atoms with Crippen molar-refractivity contribution >= 4 is 5.97 Å². The monoisotopic (exact) mass is 323 g/mol. The van der Waals surface area contributed by atoms with Gasteiger partial charge in [0.25, 0.3) is 0 Å². The van der Waals surface area contributed by atoms with E-state index in [1.165, 1.54) is 18.2 Å². The van der Waals surface area contributed by atoms with Gasteiger partial charge in [0.15, 0.2) is 0 Å². The number of methoxy groups -OCH3 is 1. The minimum absolute atomic E-state index is 0.185. The van der Waals surface area contributed by atoms with Crippen molar-refractivity contribution in [2.75, 3.05) is 7.11 Å². The van der Waals surface area contributed by atoms with Gasteiger partial charge < -0.3 is 10.1 Å². The van der Waals surface area contributed by atoms with Crippen LogP contribution >= 0.6 is 0 Å². The zero-order valence-corrected chi connectivity index (χ0v) is 14.5. The number of carbonyl (C=O) groups is 1. The molecule has 3 nitrogen and oxygen atoms in total. The highest BCUT2D eigenvalue weighted by molar-refractivity contribution is 5.76. The van der Waals surface area contributed by atoms with Crippen molar-refractivity contribution in [3.63, 3.8) is 0 Å². The molecule has 0 saturated heterocycles. The number of nitrogens with one attached hydrogen (secondary N) is 1. The Bertz CT molecular complexity index is 623. The van der Waals surface area contributed by atoms with Crippen molar-refractivity contribution < 1.29 is 9.53 Å². The first kappa shape index (κ1) is 16.7. The summed E-state index contributed by atoms with van der Waals surface area (Å²) in [7, 11) is 1.45. The SMILES string of the molecule is COC(=O)[C@@H](NC1[C@@H](c2ccccc2)[C@H]1c1ccccc1)C(C)C. The molecule has 2 aromatic carbocycles. The van der Waals surface area contributed by atoms with Crippen molar-refractivity contribution in [3.05, 3.63) is 71.8 Å². The lowest BCUT2D eigenvalue weighted by atomic mass is 10.0. The molecule has 0 aliphatic heterocycles. The van der Waals surface area contributed by atoms with E-state index in [0.717, 1.165) is 0 Å². The summed E-state index contributed by atoms with van der Waals surface area (Å²) in [6.07, 6.45) is 0. The second-order valence-corrected chi connectivity index (χ2v) is 6.81. The van der Waals surface area contributed by atoms with Crippen LogP contribution in [0, 0.1) is 5.92 Å². The minimum Gasteiger partial charge on any atom is -0.468 e. The summed E-state index contributed by atoms with van der Waals surface area (Å²) in [6, 6.07) is 21.0. The third-order valence-electron chi connectivity index (χ3n) is 4.88. The quantitative estimate of drug-likeness (QED) is 0.823. The molecule has 3 rings (SSSR count). The van der Waals surface area contributed by atoms with E-state index >= 15 is 0 Å². The summed E-state index contributed by atoms with van der Waals surface area (Å²) < 4.78 is 4.98. The number of hydrogen-bond donors (Lipinski definition) is 1. The molecule has 0 heterocycles. The van der Waals surface area contributed by atoms with Crippen LogP contribution in [0.2, 0.25) is 0 Å². The Kier molecular flexibility index (Phi) is 5.00. The number of esters is 1. The predicted octanol–water partition coefficient (Wildman–Crippen LogP) is 3.72. The van der Waals surface area contributed by atoms with Gasteiger partial charge in [0.2, 0.25) is 0 Å². The molecule has 1 fully saturated rings. The lowest BCUT2D eigenvalue weighted by Gasteiger charge is -2.20. The first-order valence-corrected chi connectivity index (χ1v) is 8.57. The van der Waals surface area contributed by atoms with Crippen molar-refractivity contribution in [3.8, 4) is 0 Å². The molecular weight excluding hydrogens is 298 g/mol. The molecule has 1 unspecified atom stereocenters. The highest BCUT2D eigenvalue weighted by atomic mass is 16.5. The lowest BCUT2D eigenvalue weighted by Crippen LogP contribution is -2.43. The summed E-state index contributed by atoms with van der Waals surface area (Å²) in [4.78, 5) is 12.1. The number of benzene rings is 2. The molecule has 0 aromatic heterocycles. The van der Waals surface area contributed by atoms with Crippen LogP contribution in [0.5, 0.6) is 0 Å². The van der Waals surface area contributed by atoms with Gasteiger partial charge in [-0.25, -0.2) is 0 Å². The molecule has 1 N–H and O–H groups in total. The third-order valence-corrected chi connectivity index (χ3v) is 4.88. The fraction of sp³-hybridized carbons (Fsp3) is 0.381. The van der Waals surface area contributed by atoms with E-state index in [1.807, 2.05) is 26.0 Å². The average molecular weight is 323 g/mol. The molecular formula is C21H25NO2. The summed E-state index contributed by atoms with van der Waals surface area (Å²) in [5.41, 5.74) is 2.63. The van der Waals surface area contributed by atoms with E-state index in [9.17, 15) is 4.79 Å². The standard InChI is InChI=1S/C21H25NO2/c1-14(2)19(21(23)24-3)22-20-17(15-10-6-4-7-11-15)18(20)16-12-8-5-9-13-16/h4-14,17-20,22H,1-3H3/t17-,18+,19-,20?/m0/s1. The van der Waals surface area contributed by atoms with Crippen molar-refractivity contribution in [2.24, 2.45) is 5.92 Å². The maximum Gasteiger partial charge on any atom is 0.323 e. The second kappa shape index (κ2) is 7.18. The Morgan fingerprint density at radius 3 is 1.75 bits per heavy atom. The van der Waals surface area contributed by atoms with Crippen LogP contribution in [-0.2, 0) is 9.53 Å². The normalized spacial score (nSPS) is 23.8. The molecule has 1 aliphatic rings. The largest absolute Gasteiger partial charge is 0.468 e. The Hall–Kier alpha value is -2.13. The zero-order valence-electron chi connectivity index (χ0n) is 14.5. The topological polar surface area (TPSA) is 38.3 Å². The van der Waals surface area contributed by atoms with Crippen LogP contribution in [0.1, 0.15) is 36.8 Å². The minimum atomic E-state index is -0.278. The average Bonchev–Trinajstić information content (AvgIpc) is 3.34. The summed E-state index contributed by atoms with van der Waals surface area (Å²) in [6.45, 7) is 4.10.